The molecule has 1 N–H and O–H groups in total. The highest BCUT2D eigenvalue weighted by atomic mass is 16.6. The molecule has 0 spiro atoms. The van der Waals surface area contributed by atoms with Crippen LogP contribution in [0.15, 0.2) is 30.3 Å². The van der Waals surface area contributed by atoms with Crippen LogP contribution in [0, 0.1) is 13.8 Å². The van der Waals surface area contributed by atoms with Gasteiger partial charge in [-0.1, -0.05) is 29.8 Å². The zero-order chi connectivity index (χ0) is 20.8. The maximum Gasteiger partial charge on any atom is 0.409 e. The van der Waals surface area contributed by atoms with Crippen molar-refractivity contribution in [3.8, 4) is 0 Å². The molecule has 29 heavy (non-hydrogen) atoms. The molecule has 0 atom stereocenters. The van der Waals surface area contributed by atoms with Crippen molar-refractivity contribution in [3.05, 3.63) is 53.0 Å². The van der Waals surface area contributed by atoms with Gasteiger partial charge in [0.25, 0.3) is 5.91 Å². The lowest BCUT2D eigenvalue weighted by Gasteiger charge is -2.33. The number of benzene rings is 1. The van der Waals surface area contributed by atoms with Gasteiger partial charge in [-0.25, -0.2) is 14.8 Å². The molecule has 1 aromatic carbocycles. The monoisotopic (exact) mass is 397 g/mol. The molecule has 2 aromatic rings. The third kappa shape index (κ3) is 5.43. The Balaban J connectivity index is 1.63. The van der Waals surface area contributed by atoms with E-state index in [4.69, 9.17) is 4.74 Å². The molecule has 1 saturated heterocycles. The van der Waals surface area contributed by atoms with Gasteiger partial charge in [0.15, 0.2) is 0 Å². The highest BCUT2D eigenvalue weighted by Gasteiger charge is 2.26. The second-order valence-electron chi connectivity index (χ2n) is 7.01. The Bertz CT molecular complexity index is 878. The van der Waals surface area contributed by atoms with Crippen LogP contribution in [0.4, 0.5) is 10.6 Å². The molecular weight excluding hydrogens is 370 g/mol. The summed E-state index contributed by atoms with van der Waals surface area (Å²) in [6.07, 6.45) is -0.333. The Morgan fingerprint density at radius 1 is 1.07 bits per heavy atom. The number of nitrogens with one attached hydrogen (secondary N) is 1. The lowest BCUT2D eigenvalue weighted by Crippen LogP contribution is -2.50. The predicted molar refractivity (Wildman–Crippen MR) is 110 cm³/mol. The first-order valence-corrected chi connectivity index (χ1v) is 9.82. The van der Waals surface area contributed by atoms with Crippen LogP contribution in [0.25, 0.3) is 0 Å². The Morgan fingerprint density at radius 3 is 2.48 bits per heavy atom. The van der Waals surface area contributed by atoms with E-state index in [1.165, 1.54) is 5.56 Å². The molecule has 2 amide bonds. The Kier molecular flexibility index (Phi) is 6.64. The Labute approximate surface area is 170 Å². The second-order valence-corrected chi connectivity index (χ2v) is 7.01. The van der Waals surface area contributed by atoms with E-state index in [0.717, 1.165) is 5.56 Å². The molecule has 8 nitrogen and oxygen atoms in total. The van der Waals surface area contributed by atoms with Crippen molar-refractivity contribution in [2.24, 2.45) is 0 Å². The standard InChI is InChI=1S/C21H27N5O3/c1-4-29-21(28)26-10-8-25(9-11-26)20(27)18-13-19(24-16(3)23-18)22-14-17-7-5-6-15(2)12-17/h5-7,12-13H,4,8-11,14H2,1-3H3,(H,22,23,24). The first-order chi connectivity index (χ1) is 14.0. The van der Waals surface area contributed by atoms with Crippen molar-refractivity contribution >= 4 is 17.8 Å². The number of piperazine rings is 1. The third-order valence-corrected chi connectivity index (χ3v) is 4.71. The van der Waals surface area contributed by atoms with E-state index >= 15 is 0 Å². The number of nitrogens with zero attached hydrogens (tertiary/aromatic N) is 4. The number of hydrogen-bond acceptors (Lipinski definition) is 6. The zero-order valence-electron chi connectivity index (χ0n) is 17.1. The van der Waals surface area contributed by atoms with Gasteiger partial charge >= 0.3 is 6.09 Å². The van der Waals surface area contributed by atoms with Crippen molar-refractivity contribution in [2.75, 3.05) is 38.1 Å². The number of ether oxygens (including phenoxy) is 1. The van der Waals surface area contributed by atoms with Crippen LogP contribution in [0.3, 0.4) is 0 Å². The van der Waals surface area contributed by atoms with E-state index in [1.807, 2.05) is 12.1 Å². The maximum atomic E-state index is 12.9. The number of rotatable bonds is 5. The first kappa shape index (κ1) is 20.6. The highest BCUT2D eigenvalue weighted by Crippen LogP contribution is 2.13. The van der Waals surface area contributed by atoms with Gasteiger partial charge in [-0.05, 0) is 26.3 Å². The lowest BCUT2D eigenvalue weighted by atomic mass is 10.1. The fourth-order valence-electron chi connectivity index (χ4n) is 3.25. The molecule has 8 heteroatoms. The summed E-state index contributed by atoms with van der Waals surface area (Å²) in [6, 6.07) is 9.90. The molecular formula is C21H27N5O3. The molecule has 0 saturated carbocycles. The van der Waals surface area contributed by atoms with Crippen LogP contribution >= 0.6 is 0 Å². The molecule has 154 valence electrons. The van der Waals surface area contributed by atoms with E-state index in [2.05, 4.69) is 34.3 Å². The molecule has 0 bridgehead atoms. The predicted octanol–water partition coefficient (Wildman–Crippen LogP) is 2.62. The molecule has 2 heterocycles. The normalized spacial score (nSPS) is 13.9. The minimum atomic E-state index is -0.333. The van der Waals surface area contributed by atoms with Crippen molar-refractivity contribution < 1.29 is 14.3 Å². The number of carbonyl (C=O) groups excluding carboxylic acids is 2. The van der Waals surface area contributed by atoms with Crippen LogP contribution < -0.4 is 5.32 Å². The van der Waals surface area contributed by atoms with Gasteiger partial charge in [0.2, 0.25) is 0 Å². The topological polar surface area (TPSA) is 87.7 Å². The maximum absolute atomic E-state index is 12.9. The molecule has 1 aromatic heterocycles. The molecule has 1 fully saturated rings. The van der Waals surface area contributed by atoms with Gasteiger partial charge in [-0.2, -0.15) is 0 Å². The van der Waals surface area contributed by atoms with Crippen molar-refractivity contribution in [3.63, 3.8) is 0 Å². The highest BCUT2D eigenvalue weighted by molar-refractivity contribution is 5.93. The summed E-state index contributed by atoms with van der Waals surface area (Å²) in [7, 11) is 0. The van der Waals surface area contributed by atoms with E-state index < -0.39 is 0 Å². The Hall–Kier alpha value is -3.16. The third-order valence-electron chi connectivity index (χ3n) is 4.71. The fraction of sp³-hybridized carbons (Fsp3) is 0.429. The quantitative estimate of drug-likeness (QED) is 0.835. The number of aryl methyl sites for hydroxylation is 2. The average molecular weight is 397 g/mol. The van der Waals surface area contributed by atoms with Gasteiger partial charge in [-0.3, -0.25) is 4.79 Å². The summed E-state index contributed by atoms with van der Waals surface area (Å²) in [5, 5.41) is 3.27. The van der Waals surface area contributed by atoms with Crippen LogP contribution in [-0.2, 0) is 11.3 Å². The van der Waals surface area contributed by atoms with Crippen molar-refractivity contribution in [1.82, 2.24) is 19.8 Å². The molecule has 1 aliphatic rings. The molecule has 0 aliphatic carbocycles. The van der Waals surface area contributed by atoms with E-state index in [1.54, 1.807) is 29.7 Å². The Morgan fingerprint density at radius 2 is 1.79 bits per heavy atom. The average Bonchev–Trinajstić information content (AvgIpc) is 2.72. The zero-order valence-corrected chi connectivity index (χ0v) is 17.1. The number of carbonyl (C=O) groups is 2. The van der Waals surface area contributed by atoms with E-state index in [-0.39, 0.29) is 12.0 Å². The minimum absolute atomic E-state index is 0.155. The lowest BCUT2D eigenvalue weighted by molar-refractivity contribution is 0.0565. The molecule has 0 radical (unpaired) electrons. The smallest absolute Gasteiger partial charge is 0.409 e. The van der Waals surface area contributed by atoms with Crippen molar-refractivity contribution in [1.29, 1.82) is 0 Å². The minimum Gasteiger partial charge on any atom is -0.450 e. The fourth-order valence-corrected chi connectivity index (χ4v) is 3.25. The van der Waals surface area contributed by atoms with Gasteiger partial charge in [-0.15, -0.1) is 0 Å². The van der Waals surface area contributed by atoms with Crippen LogP contribution in [-0.4, -0.2) is 64.6 Å². The van der Waals surface area contributed by atoms with Crippen LogP contribution in [0.5, 0.6) is 0 Å². The number of hydrogen-bond donors (Lipinski definition) is 1. The summed E-state index contributed by atoms with van der Waals surface area (Å²) in [5.74, 6) is 0.998. The summed E-state index contributed by atoms with van der Waals surface area (Å²) in [5.41, 5.74) is 2.69. The van der Waals surface area contributed by atoms with Gasteiger partial charge < -0.3 is 19.9 Å². The van der Waals surface area contributed by atoms with E-state index in [0.29, 0.717) is 56.7 Å². The second kappa shape index (κ2) is 9.36. The molecule has 1 aliphatic heterocycles. The van der Waals surface area contributed by atoms with Gasteiger partial charge in [0.1, 0.15) is 17.3 Å². The van der Waals surface area contributed by atoms with Crippen molar-refractivity contribution in [2.45, 2.75) is 27.3 Å². The SMILES string of the molecule is CCOC(=O)N1CCN(C(=O)c2cc(NCc3cccc(C)c3)nc(C)n2)CC1. The van der Waals surface area contributed by atoms with Gasteiger partial charge in [0.05, 0.1) is 6.61 Å². The van der Waals surface area contributed by atoms with Crippen LogP contribution in [0.2, 0.25) is 0 Å². The summed E-state index contributed by atoms with van der Waals surface area (Å²) >= 11 is 0. The molecule has 0 unspecified atom stereocenters. The number of aromatic nitrogens is 2. The number of anilines is 1. The molecule has 3 rings (SSSR count). The summed E-state index contributed by atoms with van der Waals surface area (Å²) in [4.78, 5) is 36.7. The summed E-state index contributed by atoms with van der Waals surface area (Å²) < 4.78 is 5.02. The van der Waals surface area contributed by atoms with Gasteiger partial charge in [0, 0.05) is 38.8 Å². The summed E-state index contributed by atoms with van der Waals surface area (Å²) in [6.45, 7) is 8.37. The van der Waals surface area contributed by atoms with Crippen LogP contribution in [0.1, 0.15) is 34.4 Å². The first-order valence-electron chi connectivity index (χ1n) is 9.82. The largest absolute Gasteiger partial charge is 0.450 e. The van der Waals surface area contributed by atoms with E-state index in [9.17, 15) is 9.59 Å². The number of amides is 2.